The number of aromatic nitrogens is 3. The van der Waals surface area contributed by atoms with Crippen LogP contribution < -0.4 is 16.0 Å². The summed E-state index contributed by atoms with van der Waals surface area (Å²) in [5.74, 6) is -0.136. The fraction of sp³-hybridized carbons (Fsp3) is 0.125. The topological polar surface area (TPSA) is 104 Å². The predicted octanol–water partition coefficient (Wildman–Crippen LogP) is 6.34. The number of nitrogens with one attached hydrogen (secondary N) is 3. The first-order valence-corrected chi connectivity index (χ1v) is 13.6. The molecule has 2 amide bonds. The maximum absolute atomic E-state index is 12.9. The Balaban J connectivity index is 1.24. The first-order valence-electron chi connectivity index (χ1n) is 13.2. The predicted molar refractivity (Wildman–Crippen MR) is 169 cm³/mol. The lowest BCUT2D eigenvalue weighted by Crippen LogP contribution is -2.13. The van der Waals surface area contributed by atoms with Gasteiger partial charge in [0.2, 0.25) is 11.9 Å². The number of fused-ring (bicyclic) bond motifs is 1. The van der Waals surface area contributed by atoms with E-state index in [1.165, 1.54) is 6.08 Å². The number of hydrogen-bond acceptors (Lipinski definition) is 6. The molecule has 0 aliphatic carbocycles. The zero-order valence-corrected chi connectivity index (χ0v) is 24.2. The minimum Gasteiger partial charge on any atom is -0.351 e. The molecular formula is C32H30ClN7O2. The van der Waals surface area contributed by atoms with E-state index >= 15 is 0 Å². The molecule has 3 aromatic carbocycles. The van der Waals surface area contributed by atoms with Crippen LogP contribution in [0.2, 0.25) is 5.02 Å². The number of aryl methyl sites for hydroxylation is 1. The lowest BCUT2D eigenvalue weighted by atomic mass is 10.1. The fourth-order valence-corrected chi connectivity index (χ4v) is 4.51. The normalized spacial score (nSPS) is 11.3. The van der Waals surface area contributed by atoms with Gasteiger partial charge in [-0.1, -0.05) is 35.9 Å². The first-order chi connectivity index (χ1) is 20.2. The molecule has 10 heteroatoms. The Hall–Kier alpha value is -4.99. The quantitative estimate of drug-likeness (QED) is 0.176. The summed E-state index contributed by atoms with van der Waals surface area (Å²) in [4.78, 5) is 35.9. The van der Waals surface area contributed by atoms with Crippen LogP contribution in [0.3, 0.4) is 0 Å². The van der Waals surface area contributed by atoms with Gasteiger partial charge < -0.3 is 25.4 Å². The summed E-state index contributed by atoms with van der Waals surface area (Å²) in [6, 6.07) is 22.1. The Kier molecular flexibility index (Phi) is 8.61. The van der Waals surface area contributed by atoms with Gasteiger partial charge in [-0.25, -0.2) is 9.97 Å². The van der Waals surface area contributed by atoms with Gasteiger partial charge in [0.25, 0.3) is 5.91 Å². The Morgan fingerprint density at radius 3 is 2.52 bits per heavy atom. The van der Waals surface area contributed by atoms with Crippen molar-refractivity contribution in [1.29, 1.82) is 0 Å². The molecule has 2 aromatic heterocycles. The van der Waals surface area contributed by atoms with Crippen molar-refractivity contribution in [3.8, 4) is 11.3 Å². The average molecular weight is 580 g/mol. The second-order valence-corrected chi connectivity index (χ2v) is 10.4. The van der Waals surface area contributed by atoms with Crippen LogP contribution in [0.25, 0.3) is 22.2 Å². The SMILES string of the molecule is CN(C)CC=CC(=O)Nc1ccc(C(=O)Nc2cccc(Nc3ncc(Cl)c(-c4ccc5ccn(C)c5c4)n3)c2)cc1. The van der Waals surface area contributed by atoms with E-state index in [4.69, 9.17) is 11.6 Å². The van der Waals surface area contributed by atoms with Gasteiger partial charge in [-0.05, 0) is 74.1 Å². The van der Waals surface area contributed by atoms with Crippen LogP contribution >= 0.6 is 11.6 Å². The molecule has 5 rings (SSSR count). The highest BCUT2D eigenvalue weighted by Gasteiger charge is 2.12. The lowest BCUT2D eigenvalue weighted by molar-refractivity contribution is -0.111. The number of carbonyl (C=O) groups is 2. The van der Waals surface area contributed by atoms with Crippen molar-refractivity contribution in [3.63, 3.8) is 0 Å². The summed E-state index contributed by atoms with van der Waals surface area (Å²) in [6.45, 7) is 0.669. The van der Waals surface area contributed by atoms with Crippen molar-refractivity contribution in [2.24, 2.45) is 7.05 Å². The minimum atomic E-state index is -0.281. The highest BCUT2D eigenvalue weighted by molar-refractivity contribution is 6.33. The van der Waals surface area contributed by atoms with Crippen molar-refractivity contribution >= 4 is 57.3 Å². The highest BCUT2D eigenvalue weighted by atomic mass is 35.5. The zero-order valence-electron chi connectivity index (χ0n) is 23.4. The van der Waals surface area contributed by atoms with Crippen molar-refractivity contribution in [2.45, 2.75) is 0 Å². The van der Waals surface area contributed by atoms with Crippen LogP contribution in [-0.2, 0) is 11.8 Å². The van der Waals surface area contributed by atoms with E-state index in [9.17, 15) is 9.59 Å². The van der Waals surface area contributed by atoms with Crippen molar-refractivity contribution < 1.29 is 9.59 Å². The van der Waals surface area contributed by atoms with Crippen LogP contribution in [0, 0.1) is 0 Å². The molecule has 0 saturated carbocycles. The van der Waals surface area contributed by atoms with E-state index in [0.29, 0.717) is 45.8 Å². The number of likely N-dealkylation sites (N-methyl/N-ethyl adjacent to an activating group) is 1. The number of amides is 2. The molecule has 0 spiro atoms. The molecule has 0 aliphatic heterocycles. The third-order valence-corrected chi connectivity index (χ3v) is 6.71. The molecule has 2 heterocycles. The number of benzene rings is 3. The molecule has 0 unspecified atom stereocenters. The maximum atomic E-state index is 12.9. The standard InChI is InChI=1S/C32H30ClN7O2/c1-39(2)16-5-8-29(41)35-24-13-11-22(12-14-24)31(42)36-25-6-4-7-26(19-25)37-32-34-20-27(33)30(38-32)23-10-9-21-15-17-40(3)28(21)18-23/h4-15,17-20H,16H2,1-3H3,(H,35,41)(H,36,42)(H,34,37,38). The van der Waals surface area contributed by atoms with Crippen LogP contribution in [0.15, 0.2) is 97.3 Å². The van der Waals surface area contributed by atoms with Gasteiger partial charge in [-0.3, -0.25) is 9.59 Å². The van der Waals surface area contributed by atoms with Gasteiger partial charge in [0.1, 0.15) is 0 Å². The van der Waals surface area contributed by atoms with E-state index in [2.05, 4.69) is 32.0 Å². The molecule has 0 fully saturated rings. The number of carbonyl (C=O) groups excluding carboxylic acids is 2. The summed E-state index contributed by atoms with van der Waals surface area (Å²) in [5, 5.41) is 10.5. The Bertz CT molecular complexity index is 1780. The molecule has 0 bridgehead atoms. The second-order valence-electron chi connectivity index (χ2n) is 9.98. The minimum absolute atomic E-state index is 0.229. The Morgan fingerprint density at radius 2 is 1.74 bits per heavy atom. The van der Waals surface area contributed by atoms with Crippen LogP contribution in [0.1, 0.15) is 10.4 Å². The van der Waals surface area contributed by atoms with Crippen molar-refractivity contribution in [1.82, 2.24) is 19.4 Å². The van der Waals surface area contributed by atoms with Crippen molar-refractivity contribution in [2.75, 3.05) is 36.6 Å². The zero-order chi connectivity index (χ0) is 29.6. The Labute approximate surface area is 248 Å². The van der Waals surface area contributed by atoms with E-state index < -0.39 is 0 Å². The number of nitrogens with zero attached hydrogens (tertiary/aromatic N) is 4. The van der Waals surface area contributed by atoms with Gasteiger partial charge in [0, 0.05) is 59.6 Å². The second kappa shape index (κ2) is 12.7. The van der Waals surface area contributed by atoms with Crippen LogP contribution in [-0.4, -0.2) is 51.9 Å². The van der Waals surface area contributed by atoms with Crippen LogP contribution in [0.4, 0.5) is 23.0 Å². The van der Waals surface area contributed by atoms with Gasteiger partial charge >= 0.3 is 0 Å². The van der Waals surface area contributed by atoms with E-state index in [1.807, 2.05) is 67.1 Å². The van der Waals surface area contributed by atoms with E-state index in [-0.39, 0.29) is 11.8 Å². The average Bonchev–Trinajstić information content (AvgIpc) is 3.34. The molecular weight excluding hydrogens is 550 g/mol. The van der Waals surface area contributed by atoms with Crippen LogP contribution in [0.5, 0.6) is 0 Å². The van der Waals surface area contributed by atoms with E-state index in [0.717, 1.165) is 16.5 Å². The molecule has 3 N–H and O–H groups in total. The molecule has 0 radical (unpaired) electrons. The molecule has 9 nitrogen and oxygen atoms in total. The van der Waals surface area contributed by atoms with Gasteiger partial charge in [0.15, 0.2) is 0 Å². The largest absolute Gasteiger partial charge is 0.351 e. The molecule has 42 heavy (non-hydrogen) atoms. The number of rotatable bonds is 9. The third-order valence-electron chi connectivity index (χ3n) is 6.44. The number of anilines is 4. The summed E-state index contributed by atoms with van der Waals surface area (Å²) in [7, 11) is 5.85. The molecule has 0 atom stereocenters. The number of halogens is 1. The highest BCUT2D eigenvalue weighted by Crippen LogP contribution is 2.30. The molecule has 0 saturated heterocycles. The van der Waals surface area contributed by atoms with Gasteiger partial charge in [-0.2, -0.15) is 0 Å². The van der Waals surface area contributed by atoms with E-state index in [1.54, 1.807) is 48.7 Å². The summed E-state index contributed by atoms with van der Waals surface area (Å²) < 4.78 is 2.05. The molecule has 5 aromatic rings. The van der Waals surface area contributed by atoms with Gasteiger partial charge in [0.05, 0.1) is 16.9 Å². The lowest BCUT2D eigenvalue weighted by Gasteiger charge is -2.11. The summed E-state index contributed by atoms with van der Waals surface area (Å²) in [5.41, 5.74) is 4.92. The molecule has 212 valence electrons. The summed E-state index contributed by atoms with van der Waals surface area (Å²) in [6.07, 6.45) is 6.85. The maximum Gasteiger partial charge on any atom is 0.255 e. The molecule has 0 aliphatic rings. The van der Waals surface area contributed by atoms with Crippen molar-refractivity contribution in [3.05, 3.63) is 108 Å². The number of hydrogen-bond donors (Lipinski definition) is 3. The van der Waals surface area contributed by atoms with Gasteiger partial charge in [-0.15, -0.1) is 0 Å². The Morgan fingerprint density at radius 1 is 0.952 bits per heavy atom. The fourth-order valence-electron chi connectivity index (χ4n) is 4.31. The third kappa shape index (κ3) is 7.01. The summed E-state index contributed by atoms with van der Waals surface area (Å²) >= 11 is 6.47. The smallest absolute Gasteiger partial charge is 0.255 e. The monoisotopic (exact) mass is 579 g/mol. The first kappa shape index (κ1) is 28.5.